The second-order valence-corrected chi connectivity index (χ2v) is 4.59. The molecule has 5 heteroatoms. The largest absolute Gasteiger partial charge is 0.334 e. The Bertz CT molecular complexity index is 569. The van der Waals surface area contributed by atoms with E-state index in [0.29, 0.717) is 12.4 Å². The molecule has 1 aromatic heterocycles. The molecule has 0 atom stereocenters. The quantitative estimate of drug-likeness (QED) is 0.888. The van der Waals surface area contributed by atoms with Gasteiger partial charge in [0.15, 0.2) is 5.82 Å². The van der Waals surface area contributed by atoms with Crippen LogP contribution in [0.3, 0.4) is 0 Å². The molecule has 2 N–H and O–H groups in total. The monoisotopic (exact) mass is 258 g/mol. The molecule has 0 aliphatic heterocycles. The molecule has 0 saturated heterocycles. The number of carbonyl (C=O) groups is 1. The lowest BCUT2D eigenvalue weighted by Gasteiger charge is -2.06. The summed E-state index contributed by atoms with van der Waals surface area (Å²) in [7, 11) is 1.84. The van der Waals surface area contributed by atoms with Crippen LogP contribution in [0, 0.1) is 13.8 Å². The Morgan fingerprint density at radius 2 is 2.11 bits per heavy atom. The summed E-state index contributed by atoms with van der Waals surface area (Å²) in [5.74, 6) is 0.557. The predicted molar refractivity (Wildman–Crippen MR) is 75.0 cm³/mol. The summed E-state index contributed by atoms with van der Waals surface area (Å²) >= 11 is 0. The topological polar surface area (TPSA) is 59.0 Å². The van der Waals surface area contributed by atoms with Gasteiger partial charge in [-0.25, -0.2) is 4.79 Å². The zero-order chi connectivity index (χ0) is 13.8. The number of hydrogen-bond acceptors (Lipinski definition) is 2. The number of nitrogens with one attached hydrogen (secondary N) is 2. The number of aromatic nitrogens is 2. The van der Waals surface area contributed by atoms with Crippen LogP contribution in [-0.4, -0.2) is 15.8 Å². The van der Waals surface area contributed by atoms with Gasteiger partial charge < -0.3 is 5.32 Å². The van der Waals surface area contributed by atoms with Gasteiger partial charge in [-0.3, -0.25) is 10.00 Å². The van der Waals surface area contributed by atoms with Gasteiger partial charge >= 0.3 is 6.03 Å². The number of urea groups is 1. The van der Waals surface area contributed by atoms with Gasteiger partial charge in [0.25, 0.3) is 0 Å². The third-order valence-corrected chi connectivity index (χ3v) is 2.89. The van der Waals surface area contributed by atoms with Crippen LogP contribution in [0.1, 0.15) is 16.8 Å². The van der Waals surface area contributed by atoms with Crippen LogP contribution in [0.5, 0.6) is 0 Å². The van der Waals surface area contributed by atoms with Gasteiger partial charge in [-0.05, 0) is 19.4 Å². The summed E-state index contributed by atoms with van der Waals surface area (Å²) in [4.78, 5) is 11.7. The second-order valence-electron chi connectivity index (χ2n) is 4.59. The highest BCUT2D eigenvalue weighted by atomic mass is 16.2. The Balaban J connectivity index is 1.88. The van der Waals surface area contributed by atoms with Crippen LogP contribution >= 0.6 is 0 Å². The molecule has 0 unspecified atom stereocenters. The van der Waals surface area contributed by atoms with Gasteiger partial charge in [-0.2, -0.15) is 5.10 Å². The molecule has 1 aromatic carbocycles. The molecule has 0 aliphatic rings. The number of anilines is 1. The first-order valence-corrected chi connectivity index (χ1v) is 6.15. The van der Waals surface area contributed by atoms with Crippen molar-refractivity contribution in [2.45, 2.75) is 20.4 Å². The van der Waals surface area contributed by atoms with Gasteiger partial charge in [-0.15, -0.1) is 0 Å². The molecule has 0 bridgehead atoms. The van der Waals surface area contributed by atoms with E-state index in [1.165, 1.54) is 5.56 Å². The zero-order valence-corrected chi connectivity index (χ0v) is 11.4. The van der Waals surface area contributed by atoms with E-state index < -0.39 is 0 Å². The van der Waals surface area contributed by atoms with Crippen LogP contribution in [0.4, 0.5) is 10.6 Å². The standard InChI is InChI=1S/C14H18N4O/c1-10-5-4-6-12(7-10)9-15-14(19)16-13-8-11(2)18(3)17-13/h4-8H,9H2,1-3H3,(H2,15,16,17,19). The maximum atomic E-state index is 11.7. The Morgan fingerprint density at radius 1 is 1.32 bits per heavy atom. The maximum Gasteiger partial charge on any atom is 0.320 e. The Labute approximate surface area is 112 Å². The fraction of sp³-hybridized carbons (Fsp3) is 0.286. The molecule has 19 heavy (non-hydrogen) atoms. The van der Waals surface area contributed by atoms with Gasteiger partial charge in [0.1, 0.15) is 0 Å². The molecular formula is C14H18N4O. The van der Waals surface area contributed by atoms with Gasteiger partial charge in [-0.1, -0.05) is 29.8 Å². The summed E-state index contributed by atoms with van der Waals surface area (Å²) in [6, 6.07) is 9.61. The molecule has 0 spiro atoms. The highest BCUT2D eigenvalue weighted by molar-refractivity contribution is 5.88. The average molecular weight is 258 g/mol. The summed E-state index contributed by atoms with van der Waals surface area (Å²) in [5.41, 5.74) is 3.25. The highest BCUT2D eigenvalue weighted by Gasteiger charge is 2.05. The van der Waals surface area contributed by atoms with E-state index in [0.717, 1.165) is 11.3 Å². The molecule has 0 fully saturated rings. The predicted octanol–water partition coefficient (Wildman–Crippen LogP) is 2.36. The van der Waals surface area contributed by atoms with E-state index in [1.54, 1.807) is 4.68 Å². The third-order valence-electron chi connectivity index (χ3n) is 2.89. The van der Waals surface area contributed by atoms with Crippen LogP contribution in [-0.2, 0) is 13.6 Å². The lowest BCUT2D eigenvalue weighted by molar-refractivity contribution is 0.251. The number of nitrogens with zero attached hydrogens (tertiary/aromatic N) is 2. The molecule has 5 nitrogen and oxygen atoms in total. The van der Waals surface area contributed by atoms with Crippen molar-refractivity contribution in [1.29, 1.82) is 0 Å². The fourth-order valence-corrected chi connectivity index (χ4v) is 1.79. The minimum atomic E-state index is -0.250. The molecule has 1 heterocycles. The molecule has 2 rings (SSSR count). The maximum absolute atomic E-state index is 11.7. The van der Waals surface area contributed by atoms with Crippen molar-refractivity contribution in [3.63, 3.8) is 0 Å². The SMILES string of the molecule is Cc1cccc(CNC(=O)Nc2cc(C)n(C)n2)c1. The van der Waals surface area contributed by atoms with Crippen molar-refractivity contribution in [2.24, 2.45) is 7.05 Å². The Hall–Kier alpha value is -2.30. The number of benzene rings is 1. The Morgan fingerprint density at radius 3 is 2.74 bits per heavy atom. The van der Waals surface area contributed by atoms with Crippen molar-refractivity contribution in [3.8, 4) is 0 Å². The van der Waals surface area contributed by atoms with Crippen LogP contribution < -0.4 is 10.6 Å². The minimum Gasteiger partial charge on any atom is -0.334 e. The molecule has 2 amide bonds. The second kappa shape index (κ2) is 5.56. The first-order chi connectivity index (χ1) is 9.04. The van der Waals surface area contributed by atoms with Crippen molar-refractivity contribution >= 4 is 11.8 Å². The van der Waals surface area contributed by atoms with Gasteiger partial charge in [0.05, 0.1) is 0 Å². The minimum absolute atomic E-state index is 0.250. The van der Waals surface area contributed by atoms with E-state index in [-0.39, 0.29) is 6.03 Å². The van der Waals surface area contributed by atoms with Crippen LogP contribution in [0.2, 0.25) is 0 Å². The molecule has 2 aromatic rings. The lowest BCUT2D eigenvalue weighted by atomic mass is 10.1. The van der Waals surface area contributed by atoms with Crippen molar-refractivity contribution in [1.82, 2.24) is 15.1 Å². The number of carbonyl (C=O) groups excluding carboxylic acids is 1. The van der Waals surface area contributed by atoms with Crippen LogP contribution in [0.25, 0.3) is 0 Å². The highest BCUT2D eigenvalue weighted by Crippen LogP contribution is 2.07. The number of hydrogen-bond donors (Lipinski definition) is 2. The van der Waals surface area contributed by atoms with E-state index in [2.05, 4.69) is 15.7 Å². The molecule has 100 valence electrons. The number of rotatable bonds is 3. The zero-order valence-electron chi connectivity index (χ0n) is 11.4. The normalized spacial score (nSPS) is 10.3. The third kappa shape index (κ3) is 3.58. The molecule has 0 saturated carbocycles. The van der Waals surface area contributed by atoms with E-state index >= 15 is 0 Å². The van der Waals surface area contributed by atoms with E-state index in [4.69, 9.17) is 0 Å². The summed E-state index contributed by atoms with van der Waals surface area (Å²) in [6.07, 6.45) is 0. The van der Waals surface area contributed by atoms with E-state index in [9.17, 15) is 4.79 Å². The molecule has 0 aliphatic carbocycles. The smallest absolute Gasteiger partial charge is 0.320 e. The fourth-order valence-electron chi connectivity index (χ4n) is 1.79. The van der Waals surface area contributed by atoms with Crippen molar-refractivity contribution in [2.75, 3.05) is 5.32 Å². The Kier molecular flexibility index (Phi) is 3.85. The van der Waals surface area contributed by atoms with Gasteiger partial charge in [0.2, 0.25) is 0 Å². The summed E-state index contributed by atoms with van der Waals surface area (Å²) in [6.45, 7) is 4.46. The summed E-state index contributed by atoms with van der Waals surface area (Å²) in [5, 5.41) is 9.67. The van der Waals surface area contributed by atoms with E-state index in [1.807, 2.05) is 51.2 Å². The average Bonchev–Trinajstić information content (AvgIpc) is 2.66. The van der Waals surface area contributed by atoms with Crippen LogP contribution in [0.15, 0.2) is 30.3 Å². The van der Waals surface area contributed by atoms with Crippen molar-refractivity contribution < 1.29 is 4.79 Å². The summed E-state index contributed by atoms with van der Waals surface area (Å²) < 4.78 is 1.72. The number of aryl methyl sites for hydroxylation is 3. The van der Waals surface area contributed by atoms with Gasteiger partial charge in [0, 0.05) is 25.4 Å². The molecule has 0 radical (unpaired) electrons. The lowest BCUT2D eigenvalue weighted by Crippen LogP contribution is -2.28. The number of amides is 2. The first kappa shape index (κ1) is 13.1. The molecular weight excluding hydrogens is 240 g/mol. The van der Waals surface area contributed by atoms with Crippen molar-refractivity contribution in [3.05, 3.63) is 47.2 Å². The first-order valence-electron chi connectivity index (χ1n) is 6.15.